The molecular formula is C7H5BrN2O5. The highest BCUT2D eigenvalue weighted by Crippen LogP contribution is 2.10. The number of rotatable bonds is 3. The molecule has 0 fully saturated rings. The van der Waals surface area contributed by atoms with Gasteiger partial charge in [-0.3, -0.25) is 19.7 Å². The predicted octanol–water partition coefficient (Wildman–Crippen LogP) is 0.604. The van der Waals surface area contributed by atoms with E-state index in [0.717, 1.165) is 10.8 Å². The van der Waals surface area contributed by atoms with E-state index < -0.39 is 28.6 Å². The monoisotopic (exact) mass is 276 g/mol. The average Bonchev–Trinajstić information content (AvgIpc) is 2.09. The molecule has 0 unspecified atom stereocenters. The molecule has 1 rings (SSSR count). The van der Waals surface area contributed by atoms with E-state index in [1.807, 2.05) is 0 Å². The van der Waals surface area contributed by atoms with Gasteiger partial charge in [0.05, 0.1) is 15.6 Å². The van der Waals surface area contributed by atoms with Crippen molar-refractivity contribution in [3.8, 4) is 0 Å². The summed E-state index contributed by atoms with van der Waals surface area (Å²) in [6.07, 6.45) is 2.07. The fraction of sp³-hybridized carbons (Fsp3) is 0.143. The first-order valence-electron chi connectivity index (χ1n) is 3.67. The third-order valence-corrected chi connectivity index (χ3v) is 2.10. The lowest BCUT2D eigenvalue weighted by atomic mass is 10.4. The summed E-state index contributed by atoms with van der Waals surface area (Å²) in [7, 11) is 0. The zero-order valence-corrected chi connectivity index (χ0v) is 8.80. The number of nitro groups is 1. The van der Waals surface area contributed by atoms with Crippen LogP contribution in [0.4, 0.5) is 5.69 Å². The van der Waals surface area contributed by atoms with Gasteiger partial charge in [0.25, 0.3) is 5.43 Å². The van der Waals surface area contributed by atoms with Crippen molar-refractivity contribution in [2.24, 2.45) is 0 Å². The van der Waals surface area contributed by atoms with Crippen molar-refractivity contribution in [2.75, 3.05) is 0 Å². The minimum atomic E-state index is -1.15. The van der Waals surface area contributed by atoms with Crippen LogP contribution >= 0.6 is 15.9 Å². The maximum absolute atomic E-state index is 11.2. The second kappa shape index (κ2) is 4.22. The second-order valence-electron chi connectivity index (χ2n) is 2.64. The van der Waals surface area contributed by atoms with E-state index in [0.29, 0.717) is 0 Å². The molecule has 1 aromatic heterocycles. The molecule has 0 aliphatic rings. The van der Waals surface area contributed by atoms with Crippen molar-refractivity contribution < 1.29 is 14.8 Å². The number of halogens is 1. The number of carboxylic acid groups (broad SMARTS) is 1. The van der Waals surface area contributed by atoms with Crippen LogP contribution in [0.5, 0.6) is 0 Å². The Morgan fingerprint density at radius 1 is 1.60 bits per heavy atom. The zero-order chi connectivity index (χ0) is 11.6. The molecule has 0 bridgehead atoms. The van der Waals surface area contributed by atoms with Gasteiger partial charge in [0, 0.05) is 6.20 Å². The van der Waals surface area contributed by atoms with E-state index in [1.165, 1.54) is 6.20 Å². The van der Waals surface area contributed by atoms with Crippen LogP contribution in [0.3, 0.4) is 0 Å². The van der Waals surface area contributed by atoms with Crippen LogP contribution in [0.2, 0.25) is 0 Å². The van der Waals surface area contributed by atoms with Gasteiger partial charge in [0.1, 0.15) is 6.54 Å². The lowest BCUT2D eigenvalue weighted by Crippen LogP contribution is -2.16. The molecule has 0 aliphatic carbocycles. The molecule has 0 atom stereocenters. The van der Waals surface area contributed by atoms with E-state index in [-0.39, 0.29) is 4.47 Å². The van der Waals surface area contributed by atoms with E-state index in [9.17, 15) is 19.7 Å². The zero-order valence-electron chi connectivity index (χ0n) is 7.21. The van der Waals surface area contributed by atoms with Crippen LogP contribution in [-0.4, -0.2) is 20.6 Å². The first-order chi connectivity index (χ1) is 6.91. The molecule has 7 nitrogen and oxygen atoms in total. The molecule has 0 saturated heterocycles. The number of aliphatic carboxylic acids is 1. The summed E-state index contributed by atoms with van der Waals surface area (Å²) in [5.41, 5.74) is -1.44. The minimum absolute atomic E-state index is 0.0436. The highest BCUT2D eigenvalue weighted by atomic mass is 79.9. The van der Waals surface area contributed by atoms with Gasteiger partial charge < -0.3 is 9.67 Å². The van der Waals surface area contributed by atoms with Gasteiger partial charge in [0.2, 0.25) is 0 Å². The van der Waals surface area contributed by atoms with Crippen molar-refractivity contribution >= 4 is 27.6 Å². The third kappa shape index (κ3) is 2.62. The number of hydrogen-bond donors (Lipinski definition) is 1. The van der Waals surface area contributed by atoms with Gasteiger partial charge in [-0.25, -0.2) is 0 Å². The van der Waals surface area contributed by atoms with E-state index in [1.54, 1.807) is 0 Å². The normalized spacial score (nSPS) is 9.93. The van der Waals surface area contributed by atoms with Gasteiger partial charge in [-0.15, -0.1) is 0 Å². The first-order valence-corrected chi connectivity index (χ1v) is 4.47. The molecule has 0 spiro atoms. The smallest absolute Gasteiger partial charge is 0.333 e. The van der Waals surface area contributed by atoms with Gasteiger partial charge in [0.15, 0.2) is 0 Å². The van der Waals surface area contributed by atoms with Crippen LogP contribution in [0, 0.1) is 10.1 Å². The van der Waals surface area contributed by atoms with Crippen LogP contribution in [0.15, 0.2) is 21.7 Å². The number of carboxylic acids is 1. The summed E-state index contributed by atoms with van der Waals surface area (Å²) in [5.74, 6) is -1.15. The topological polar surface area (TPSA) is 102 Å². The number of aromatic nitrogens is 1. The summed E-state index contributed by atoms with van der Waals surface area (Å²) < 4.78 is 1.00. The fourth-order valence-electron chi connectivity index (χ4n) is 0.957. The molecule has 1 heterocycles. The van der Waals surface area contributed by atoms with Crippen LogP contribution in [-0.2, 0) is 11.3 Å². The Labute approximate surface area is 91.2 Å². The molecule has 1 N–H and O–H groups in total. The van der Waals surface area contributed by atoms with Gasteiger partial charge in [-0.2, -0.15) is 0 Å². The first kappa shape index (κ1) is 11.4. The third-order valence-electron chi connectivity index (χ3n) is 1.53. The standard InChI is InChI=1S/C7H5BrN2O5/c8-4-1-9(3-6(11)12)2-5(7(4)13)10(14)15/h1-2H,3H2,(H,11,12). The summed E-state index contributed by atoms with van der Waals surface area (Å²) in [4.78, 5) is 31.1. The largest absolute Gasteiger partial charge is 0.480 e. The minimum Gasteiger partial charge on any atom is -0.480 e. The van der Waals surface area contributed by atoms with Crippen molar-refractivity contribution in [1.82, 2.24) is 4.57 Å². The average molecular weight is 277 g/mol. The van der Waals surface area contributed by atoms with E-state index in [2.05, 4.69) is 15.9 Å². The van der Waals surface area contributed by atoms with Crippen molar-refractivity contribution in [3.63, 3.8) is 0 Å². The Morgan fingerprint density at radius 2 is 2.20 bits per heavy atom. The molecule has 0 aromatic carbocycles. The summed E-state index contributed by atoms with van der Waals surface area (Å²) in [6, 6.07) is 0. The Balaban J connectivity index is 3.29. The van der Waals surface area contributed by atoms with Gasteiger partial charge in [-0.1, -0.05) is 0 Å². The molecule has 0 amide bonds. The lowest BCUT2D eigenvalue weighted by molar-refractivity contribution is -0.386. The Morgan fingerprint density at radius 3 is 2.67 bits per heavy atom. The summed E-state index contributed by atoms with van der Waals surface area (Å²) >= 11 is 2.82. The fourth-order valence-corrected chi connectivity index (χ4v) is 1.42. The van der Waals surface area contributed by atoms with Gasteiger partial charge >= 0.3 is 11.7 Å². The Bertz CT molecular complexity index is 481. The predicted molar refractivity (Wildman–Crippen MR) is 52.7 cm³/mol. The molecule has 8 heteroatoms. The molecular weight excluding hydrogens is 272 g/mol. The summed E-state index contributed by atoms with van der Waals surface area (Å²) in [5, 5.41) is 18.9. The number of pyridine rings is 1. The number of carbonyl (C=O) groups is 1. The number of hydrogen-bond acceptors (Lipinski definition) is 4. The Kier molecular flexibility index (Phi) is 3.20. The molecule has 0 radical (unpaired) electrons. The highest BCUT2D eigenvalue weighted by Gasteiger charge is 2.16. The molecule has 1 aromatic rings. The Hall–Kier alpha value is -1.70. The van der Waals surface area contributed by atoms with Crippen LogP contribution in [0.1, 0.15) is 0 Å². The van der Waals surface area contributed by atoms with Crippen molar-refractivity contribution in [1.29, 1.82) is 0 Å². The SMILES string of the molecule is O=C(O)Cn1cc(Br)c(=O)c([N+](=O)[O-])c1. The second-order valence-corrected chi connectivity index (χ2v) is 3.50. The maximum atomic E-state index is 11.2. The lowest BCUT2D eigenvalue weighted by Gasteiger charge is -2.02. The molecule has 15 heavy (non-hydrogen) atoms. The van der Waals surface area contributed by atoms with Gasteiger partial charge in [-0.05, 0) is 15.9 Å². The maximum Gasteiger partial charge on any atom is 0.333 e. The van der Waals surface area contributed by atoms with E-state index >= 15 is 0 Å². The molecule has 80 valence electrons. The van der Waals surface area contributed by atoms with Crippen molar-refractivity contribution in [2.45, 2.75) is 6.54 Å². The number of nitrogens with zero attached hydrogens (tertiary/aromatic N) is 2. The molecule has 0 saturated carbocycles. The molecule has 0 aliphatic heterocycles. The van der Waals surface area contributed by atoms with Crippen LogP contribution < -0.4 is 5.43 Å². The highest BCUT2D eigenvalue weighted by molar-refractivity contribution is 9.10. The van der Waals surface area contributed by atoms with Crippen LogP contribution in [0.25, 0.3) is 0 Å². The summed E-state index contributed by atoms with van der Waals surface area (Å²) in [6.45, 7) is -0.445. The van der Waals surface area contributed by atoms with E-state index in [4.69, 9.17) is 5.11 Å². The van der Waals surface area contributed by atoms with Crippen molar-refractivity contribution in [3.05, 3.63) is 37.2 Å². The quantitative estimate of drug-likeness (QED) is 0.643.